The minimum atomic E-state index is 0. The molecule has 0 saturated heterocycles. The largest absolute Gasteiger partial charge is 2.00 e. The maximum atomic E-state index is 7.00. The number of fused-ring (bicyclic) bond motifs is 1. The zero-order chi connectivity index (χ0) is 18.7. The molecule has 3 aromatic carbocycles. The van der Waals surface area contributed by atoms with Crippen LogP contribution < -0.4 is 24.8 Å². The standard InChI is InChI=1S/C19H19.C6H6N.2ClH.Ti/c1-12-11-13(2)19(14(12)3)18-10-9-16-7-5-6-8-17(16)15(18)4;7-6-4-2-1-3-5-6;;;/h5-11,13H,4H2,1-3H3;1-5,7H;2*1H;/q2*-1;;;+2/p-2. The summed E-state index contributed by atoms with van der Waals surface area (Å²) in [6, 6.07) is 22.0. The van der Waals surface area contributed by atoms with Crippen LogP contribution in [0.25, 0.3) is 22.1 Å². The van der Waals surface area contributed by atoms with Gasteiger partial charge in [-0.05, 0) is 19.8 Å². The summed E-state index contributed by atoms with van der Waals surface area (Å²) in [4.78, 5) is 0. The van der Waals surface area contributed by atoms with Crippen molar-refractivity contribution in [3.05, 3.63) is 108 Å². The fourth-order valence-electron chi connectivity index (χ4n) is 3.61. The van der Waals surface area contributed by atoms with Crippen LogP contribution in [0, 0.1) is 12.8 Å². The molecule has 0 aliphatic heterocycles. The predicted molar refractivity (Wildman–Crippen MR) is 114 cm³/mol. The van der Waals surface area contributed by atoms with Crippen LogP contribution in [0.2, 0.25) is 0 Å². The number of hydrogen-bond donors (Lipinski definition) is 0. The van der Waals surface area contributed by atoms with Gasteiger partial charge < -0.3 is 30.5 Å². The van der Waals surface area contributed by atoms with Crippen molar-refractivity contribution in [3.63, 3.8) is 0 Å². The molecule has 29 heavy (non-hydrogen) atoms. The van der Waals surface area contributed by atoms with Crippen molar-refractivity contribution in [2.24, 2.45) is 5.92 Å². The van der Waals surface area contributed by atoms with Gasteiger partial charge in [0, 0.05) is 0 Å². The quantitative estimate of drug-likeness (QED) is 0.393. The normalized spacial score (nSPS) is 14.6. The Morgan fingerprint density at radius 2 is 1.41 bits per heavy atom. The summed E-state index contributed by atoms with van der Waals surface area (Å²) in [5.41, 5.74) is 14.3. The maximum Gasteiger partial charge on any atom is 2.00 e. The molecule has 0 bridgehead atoms. The smallest absolute Gasteiger partial charge is 1.00 e. The van der Waals surface area contributed by atoms with E-state index in [0.717, 1.165) is 5.56 Å². The van der Waals surface area contributed by atoms with E-state index in [1.54, 1.807) is 12.1 Å². The van der Waals surface area contributed by atoms with E-state index in [4.69, 9.17) is 5.73 Å². The molecule has 0 saturated carbocycles. The van der Waals surface area contributed by atoms with Gasteiger partial charge in [-0.3, -0.25) is 0 Å². The van der Waals surface area contributed by atoms with Crippen LogP contribution in [-0.2, 0) is 21.7 Å². The molecule has 4 heteroatoms. The van der Waals surface area contributed by atoms with Crippen molar-refractivity contribution < 1.29 is 46.5 Å². The van der Waals surface area contributed by atoms with Crippen molar-refractivity contribution in [3.8, 4) is 0 Å². The van der Waals surface area contributed by atoms with Crippen LogP contribution in [0.15, 0.2) is 84.0 Å². The maximum absolute atomic E-state index is 7.00. The van der Waals surface area contributed by atoms with Gasteiger partial charge in [-0.2, -0.15) is 12.5 Å². The topological polar surface area (TPSA) is 23.8 Å². The molecule has 1 N–H and O–H groups in total. The van der Waals surface area contributed by atoms with Gasteiger partial charge in [0.05, 0.1) is 0 Å². The van der Waals surface area contributed by atoms with E-state index in [9.17, 15) is 0 Å². The molecule has 1 atom stereocenters. The Morgan fingerprint density at radius 3 is 1.93 bits per heavy atom. The average Bonchev–Trinajstić information content (AvgIpc) is 2.89. The zero-order valence-electron chi connectivity index (χ0n) is 17.0. The molecular formula is C25H25Cl2NTi-2. The van der Waals surface area contributed by atoms with Crippen molar-refractivity contribution >= 4 is 22.0 Å². The molecule has 0 radical (unpaired) electrons. The van der Waals surface area contributed by atoms with Crippen LogP contribution >= 0.6 is 0 Å². The first-order valence-electron chi connectivity index (χ1n) is 8.99. The Kier molecular flexibility index (Phi) is 11.5. The molecule has 3 aromatic rings. The van der Waals surface area contributed by atoms with E-state index in [-0.39, 0.29) is 46.5 Å². The Labute approximate surface area is 202 Å². The van der Waals surface area contributed by atoms with Crippen LogP contribution in [0.5, 0.6) is 0 Å². The second kappa shape index (κ2) is 12.1. The first-order valence-corrected chi connectivity index (χ1v) is 8.99. The van der Waals surface area contributed by atoms with Gasteiger partial charge in [0.1, 0.15) is 0 Å². The Bertz CT molecular complexity index is 994. The molecule has 1 nitrogen and oxygen atoms in total. The summed E-state index contributed by atoms with van der Waals surface area (Å²) < 4.78 is 0. The van der Waals surface area contributed by atoms with Crippen LogP contribution in [0.4, 0.5) is 5.69 Å². The third-order valence-electron chi connectivity index (χ3n) is 5.06. The van der Waals surface area contributed by atoms with Crippen molar-refractivity contribution in [2.45, 2.75) is 20.8 Å². The Morgan fingerprint density at radius 1 is 0.828 bits per heavy atom. The number of allylic oxidation sites excluding steroid dienone is 4. The van der Waals surface area contributed by atoms with E-state index in [2.05, 4.69) is 70.2 Å². The summed E-state index contributed by atoms with van der Waals surface area (Å²) >= 11 is 0. The molecule has 1 aliphatic rings. The molecule has 0 aromatic heterocycles. The zero-order valence-corrected chi connectivity index (χ0v) is 20.0. The van der Waals surface area contributed by atoms with Gasteiger partial charge in [-0.15, -0.1) is 28.8 Å². The summed E-state index contributed by atoms with van der Waals surface area (Å²) in [5, 5.41) is 2.53. The van der Waals surface area contributed by atoms with Crippen molar-refractivity contribution in [1.82, 2.24) is 0 Å². The van der Waals surface area contributed by atoms with E-state index < -0.39 is 0 Å². The van der Waals surface area contributed by atoms with Gasteiger partial charge >= 0.3 is 21.7 Å². The van der Waals surface area contributed by atoms with Gasteiger partial charge in [0.25, 0.3) is 0 Å². The van der Waals surface area contributed by atoms with Gasteiger partial charge in [-0.1, -0.05) is 89.7 Å². The predicted octanol–water partition coefficient (Wildman–Crippen LogP) is 1.77. The molecule has 4 rings (SSSR count). The Balaban J connectivity index is 0.000000677. The number of hydrogen-bond acceptors (Lipinski definition) is 0. The molecule has 1 aliphatic carbocycles. The SMILES string of the molecule is [CH2-]c1c(C2=C(C)C(C)=CC2C)ccc2ccccc12.[Cl-].[Cl-].[NH-]c1ccccc1.[Ti+2]. The average molecular weight is 458 g/mol. The van der Waals surface area contributed by atoms with E-state index in [1.165, 1.54) is 33.1 Å². The second-order valence-corrected chi connectivity index (χ2v) is 6.86. The molecular weight excluding hydrogens is 433 g/mol. The minimum absolute atomic E-state index is 0. The van der Waals surface area contributed by atoms with Crippen LogP contribution in [0.1, 0.15) is 31.9 Å². The first-order chi connectivity index (χ1) is 12.5. The third kappa shape index (κ3) is 6.17. The fraction of sp³-hybridized carbons (Fsp3) is 0.160. The summed E-state index contributed by atoms with van der Waals surface area (Å²) in [5.74, 6) is 0.488. The van der Waals surface area contributed by atoms with Crippen LogP contribution in [0.3, 0.4) is 0 Å². The van der Waals surface area contributed by atoms with Crippen molar-refractivity contribution in [1.29, 1.82) is 0 Å². The Hall–Kier alpha value is -1.64. The number of benzene rings is 3. The number of halogens is 2. The first kappa shape index (κ1) is 27.4. The summed E-state index contributed by atoms with van der Waals surface area (Å²) in [6.07, 6.45) is 2.35. The number of nitrogens with one attached hydrogen (secondary N) is 1. The number of rotatable bonds is 1. The van der Waals surface area contributed by atoms with Gasteiger partial charge in [0.2, 0.25) is 0 Å². The summed E-state index contributed by atoms with van der Waals surface area (Å²) in [7, 11) is 0. The summed E-state index contributed by atoms with van der Waals surface area (Å²) in [6.45, 7) is 11.0. The second-order valence-electron chi connectivity index (χ2n) is 6.86. The van der Waals surface area contributed by atoms with Crippen molar-refractivity contribution in [2.75, 3.05) is 0 Å². The fourth-order valence-corrected chi connectivity index (χ4v) is 3.61. The van der Waals surface area contributed by atoms with Crippen LogP contribution in [-0.4, -0.2) is 0 Å². The minimum Gasteiger partial charge on any atom is -1.00 e. The van der Waals surface area contributed by atoms with Gasteiger partial charge in [0.15, 0.2) is 0 Å². The van der Waals surface area contributed by atoms with E-state index in [0.29, 0.717) is 11.6 Å². The molecule has 0 fully saturated rings. The molecule has 1 unspecified atom stereocenters. The monoisotopic (exact) mass is 457 g/mol. The molecule has 0 amide bonds. The molecule has 0 heterocycles. The molecule has 150 valence electrons. The van der Waals surface area contributed by atoms with Gasteiger partial charge in [-0.25, -0.2) is 0 Å². The molecule has 0 spiro atoms. The third-order valence-corrected chi connectivity index (χ3v) is 5.06. The van der Waals surface area contributed by atoms with E-state index >= 15 is 0 Å². The van der Waals surface area contributed by atoms with E-state index in [1.807, 2.05) is 18.2 Å².